The number of ether oxygens (including phenoxy) is 2. The Morgan fingerprint density at radius 3 is 1.85 bits per heavy atom. The van der Waals surface area contributed by atoms with Gasteiger partial charge in [-0.3, -0.25) is 0 Å². The molecule has 1 saturated heterocycles. The van der Waals surface area contributed by atoms with E-state index in [-0.39, 0.29) is 6.29 Å². The fourth-order valence-electron chi connectivity index (χ4n) is 3.78. The first kappa shape index (κ1) is 24.4. The predicted octanol–water partition coefficient (Wildman–Crippen LogP) is 6.85. The first-order valence-electron chi connectivity index (χ1n) is 11.7. The Hall–Kier alpha value is -0.610. The molecule has 1 fully saturated rings. The Morgan fingerprint density at radius 1 is 0.889 bits per heavy atom. The fourth-order valence-corrected chi connectivity index (χ4v) is 3.78. The molecule has 1 N–H and O–H groups in total. The lowest BCUT2D eigenvalue weighted by Crippen LogP contribution is -2.32. The van der Waals surface area contributed by atoms with Crippen molar-refractivity contribution >= 4 is 5.97 Å². The third-order valence-corrected chi connectivity index (χ3v) is 5.55. The largest absolute Gasteiger partial charge is 0.479 e. The summed E-state index contributed by atoms with van der Waals surface area (Å²) in [5, 5.41) is 9.33. The molecule has 1 rings (SSSR count). The van der Waals surface area contributed by atoms with E-state index in [4.69, 9.17) is 9.47 Å². The summed E-state index contributed by atoms with van der Waals surface area (Å²) in [6, 6.07) is 0. The van der Waals surface area contributed by atoms with Crippen molar-refractivity contribution in [2.45, 2.75) is 135 Å². The van der Waals surface area contributed by atoms with Crippen molar-refractivity contribution in [1.82, 2.24) is 0 Å². The molecule has 0 aromatic rings. The lowest BCUT2D eigenvalue weighted by Gasteiger charge is -2.25. The van der Waals surface area contributed by atoms with Gasteiger partial charge in [-0.05, 0) is 25.7 Å². The maximum Gasteiger partial charge on any atom is 0.332 e. The molecule has 0 amide bonds. The quantitative estimate of drug-likeness (QED) is 0.262. The van der Waals surface area contributed by atoms with Gasteiger partial charge < -0.3 is 14.6 Å². The second-order valence-electron chi connectivity index (χ2n) is 8.14. The van der Waals surface area contributed by atoms with Gasteiger partial charge in [0, 0.05) is 6.61 Å². The molecule has 0 aliphatic carbocycles. The Morgan fingerprint density at radius 2 is 1.41 bits per heavy atom. The van der Waals surface area contributed by atoms with Gasteiger partial charge in [-0.25, -0.2) is 4.79 Å². The van der Waals surface area contributed by atoms with Gasteiger partial charge in [0.1, 0.15) is 0 Å². The minimum Gasteiger partial charge on any atom is -0.479 e. The van der Waals surface area contributed by atoms with Gasteiger partial charge in [0.25, 0.3) is 0 Å². The van der Waals surface area contributed by atoms with E-state index in [1.165, 1.54) is 77.0 Å². The zero-order chi connectivity index (χ0) is 19.6. The van der Waals surface area contributed by atoms with E-state index in [1.807, 2.05) is 0 Å². The van der Waals surface area contributed by atoms with Gasteiger partial charge in [-0.1, -0.05) is 96.8 Å². The van der Waals surface area contributed by atoms with Crippen LogP contribution in [0.1, 0.15) is 122 Å². The van der Waals surface area contributed by atoms with Crippen LogP contribution in [0.3, 0.4) is 0 Å². The molecular formula is C23H44O4. The molecule has 0 spiro atoms. The van der Waals surface area contributed by atoms with E-state index in [9.17, 15) is 9.90 Å². The molecule has 0 radical (unpaired) electrons. The van der Waals surface area contributed by atoms with Crippen molar-refractivity contribution in [2.24, 2.45) is 0 Å². The highest BCUT2D eigenvalue weighted by molar-refractivity contribution is 5.72. The van der Waals surface area contributed by atoms with Crippen molar-refractivity contribution in [1.29, 1.82) is 0 Å². The molecule has 1 aliphatic rings. The number of carbonyl (C=O) groups is 1. The van der Waals surface area contributed by atoms with Crippen molar-refractivity contribution in [3.05, 3.63) is 0 Å². The number of unbranched alkanes of at least 4 members (excludes halogenated alkanes) is 13. The molecule has 1 heterocycles. The molecule has 0 aromatic heterocycles. The maximum atomic E-state index is 11.4. The first-order chi connectivity index (χ1) is 13.2. The third kappa shape index (κ3) is 14.1. The van der Waals surface area contributed by atoms with Gasteiger partial charge in [-0.15, -0.1) is 0 Å². The van der Waals surface area contributed by atoms with Crippen LogP contribution >= 0.6 is 0 Å². The highest BCUT2D eigenvalue weighted by atomic mass is 16.7. The summed E-state index contributed by atoms with van der Waals surface area (Å²) in [6.07, 6.45) is 20.9. The molecular weight excluding hydrogens is 340 g/mol. The standard InChI is InChI=1S/C23H44O4/c1-2-3-4-5-6-7-8-9-10-11-12-13-14-15-18-21(23(24)25)27-22-19-16-17-20-26-22/h21-22H,2-20H2,1H3,(H,24,25). The summed E-state index contributed by atoms with van der Waals surface area (Å²) in [7, 11) is 0. The molecule has 160 valence electrons. The number of rotatable bonds is 18. The van der Waals surface area contributed by atoms with Crippen molar-refractivity contribution in [3.8, 4) is 0 Å². The van der Waals surface area contributed by atoms with Crippen LogP contribution in [0.4, 0.5) is 0 Å². The fraction of sp³-hybridized carbons (Fsp3) is 0.957. The second-order valence-corrected chi connectivity index (χ2v) is 8.14. The smallest absolute Gasteiger partial charge is 0.332 e. The Labute approximate surface area is 167 Å². The zero-order valence-electron chi connectivity index (χ0n) is 17.8. The maximum absolute atomic E-state index is 11.4. The van der Waals surface area contributed by atoms with Crippen LogP contribution in [0.5, 0.6) is 0 Å². The number of aliphatic carboxylic acids is 1. The summed E-state index contributed by atoms with van der Waals surface area (Å²) in [4.78, 5) is 11.4. The normalized spacial score (nSPS) is 18.5. The topological polar surface area (TPSA) is 55.8 Å². The lowest BCUT2D eigenvalue weighted by atomic mass is 10.0. The second kappa shape index (κ2) is 17.5. The van der Waals surface area contributed by atoms with Crippen LogP contribution in [0.25, 0.3) is 0 Å². The average Bonchev–Trinajstić information content (AvgIpc) is 2.68. The average molecular weight is 385 g/mol. The molecule has 4 nitrogen and oxygen atoms in total. The van der Waals surface area contributed by atoms with Crippen molar-refractivity contribution in [2.75, 3.05) is 6.61 Å². The molecule has 0 bridgehead atoms. The van der Waals surface area contributed by atoms with Crippen LogP contribution in [0, 0.1) is 0 Å². The first-order valence-corrected chi connectivity index (χ1v) is 11.7. The van der Waals surface area contributed by atoms with Gasteiger partial charge in [0.15, 0.2) is 12.4 Å². The molecule has 27 heavy (non-hydrogen) atoms. The summed E-state index contributed by atoms with van der Waals surface area (Å²) in [5.41, 5.74) is 0. The Balaban J connectivity index is 1.88. The monoisotopic (exact) mass is 384 g/mol. The van der Waals surface area contributed by atoms with Gasteiger partial charge in [-0.2, -0.15) is 0 Å². The van der Waals surface area contributed by atoms with E-state index < -0.39 is 12.1 Å². The highest BCUT2D eigenvalue weighted by Crippen LogP contribution is 2.19. The van der Waals surface area contributed by atoms with Gasteiger partial charge in [0.2, 0.25) is 0 Å². The molecule has 4 heteroatoms. The molecule has 1 aliphatic heterocycles. The minimum atomic E-state index is -0.848. The number of hydrogen-bond donors (Lipinski definition) is 1. The number of hydrogen-bond acceptors (Lipinski definition) is 3. The highest BCUT2D eigenvalue weighted by Gasteiger charge is 2.24. The molecule has 0 aromatic carbocycles. The van der Waals surface area contributed by atoms with Crippen LogP contribution in [0.2, 0.25) is 0 Å². The summed E-state index contributed by atoms with van der Waals surface area (Å²) in [6.45, 7) is 2.96. The Kier molecular flexibility index (Phi) is 15.8. The summed E-state index contributed by atoms with van der Waals surface area (Å²) < 4.78 is 11.1. The summed E-state index contributed by atoms with van der Waals surface area (Å²) >= 11 is 0. The van der Waals surface area contributed by atoms with E-state index in [0.717, 1.165) is 32.1 Å². The predicted molar refractivity (Wildman–Crippen MR) is 111 cm³/mol. The zero-order valence-corrected chi connectivity index (χ0v) is 17.8. The Bertz CT molecular complexity index is 339. The number of carboxylic acid groups (broad SMARTS) is 1. The SMILES string of the molecule is CCCCCCCCCCCCCCCCC(OC1CCCCO1)C(=O)O. The minimum absolute atomic E-state index is 0.313. The number of carboxylic acids is 1. The van der Waals surface area contributed by atoms with Crippen molar-refractivity contribution in [3.63, 3.8) is 0 Å². The van der Waals surface area contributed by atoms with E-state index >= 15 is 0 Å². The van der Waals surface area contributed by atoms with Gasteiger partial charge in [0.05, 0.1) is 0 Å². The van der Waals surface area contributed by atoms with Crippen LogP contribution in [-0.2, 0) is 14.3 Å². The van der Waals surface area contributed by atoms with E-state index in [0.29, 0.717) is 13.0 Å². The van der Waals surface area contributed by atoms with Crippen LogP contribution in [-0.4, -0.2) is 30.1 Å². The van der Waals surface area contributed by atoms with Crippen LogP contribution in [0.15, 0.2) is 0 Å². The van der Waals surface area contributed by atoms with Gasteiger partial charge >= 0.3 is 5.97 Å². The van der Waals surface area contributed by atoms with Crippen LogP contribution < -0.4 is 0 Å². The third-order valence-electron chi connectivity index (χ3n) is 5.55. The van der Waals surface area contributed by atoms with Crippen molar-refractivity contribution < 1.29 is 19.4 Å². The molecule has 2 unspecified atom stereocenters. The molecule has 2 atom stereocenters. The summed E-state index contributed by atoms with van der Waals surface area (Å²) in [5.74, 6) is -0.848. The lowest BCUT2D eigenvalue weighted by molar-refractivity contribution is -0.201. The van der Waals surface area contributed by atoms with E-state index in [1.54, 1.807) is 0 Å². The molecule has 0 saturated carbocycles. The van der Waals surface area contributed by atoms with E-state index in [2.05, 4.69) is 6.92 Å².